The van der Waals surface area contributed by atoms with E-state index in [4.69, 9.17) is 0 Å². The molecule has 1 N–H and O–H groups in total. The lowest BCUT2D eigenvalue weighted by Crippen LogP contribution is -2.01. The first-order valence-electron chi connectivity index (χ1n) is 6.13. The highest BCUT2D eigenvalue weighted by Gasteiger charge is 2.14. The van der Waals surface area contributed by atoms with Crippen LogP contribution < -0.4 is 0 Å². The highest BCUT2D eigenvalue weighted by molar-refractivity contribution is 9.10. The van der Waals surface area contributed by atoms with Gasteiger partial charge in [-0.3, -0.25) is 0 Å². The number of benzene rings is 2. The molecule has 0 bridgehead atoms. The monoisotopic (exact) mass is 332 g/mol. The lowest BCUT2D eigenvalue weighted by atomic mass is 10.0. The molecule has 0 fully saturated rings. The normalized spacial score (nSPS) is 12.7. The van der Waals surface area contributed by atoms with Crippen LogP contribution in [0.3, 0.4) is 0 Å². The van der Waals surface area contributed by atoms with Gasteiger partial charge in [-0.25, -0.2) is 0 Å². The number of hydrogen-bond acceptors (Lipinski definition) is 2. The number of fused-ring (bicyclic) bond motifs is 1. The number of aliphatic hydroxyl groups excluding tert-OH is 1. The average Bonchev–Trinajstić information content (AvgIpc) is 2.85. The Kier molecular flexibility index (Phi) is 3.69. The van der Waals surface area contributed by atoms with Gasteiger partial charge in [-0.05, 0) is 34.0 Å². The maximum Gasteiger partial charge on any atom is 0.0844 e. The molecule has 0 saturated heterocycles. The molecule has 0 aliphatic carbocycles. The van der Waals surface area contributed by atoms with Crippen LogP contribution in [0.5, 0.6) is 0 Å². The van der Waals surface area contributed by atoms with Crippen LogP contribution in [-0.2, 0) is 6.42 Å². The summed E-state index contributed by atoms with van der Waals surface area (Å²) >= 11 is 5.21. The van der Waals surface area contributed by atoms with Gasteiger partial charge >= 0.3 is 0 Å². The summed E-state index contributed by atoms with van der Waals surface area (Å²) in [6.07, 6.45) is 0.164. The van der Waals surface area contributed by atoms with Gasteiger partial charge in [-0.15, -0.1) is 11.3 Å². The summed E-state index contributed by atoms with van der Waals surface area (Å²) < 4.78 is 2.28. The number of hydrogen-bond donors (Lipinski definition) is 1. The molecule has 0 amide bonds. The van der Waals surface area contributed by atoms with Crippen molar-refractivity contribution in [1.29, 1.82) is 0 Å². The molecule has 1 nitrogen and oxygen atoms in total. The van der Waals surface area contributed by atoms with Gasteiger partial charge in [0.15, 0.2) is 0 Å². The Morgan fingerprint density at radius 3 is 2.63 bits per heavy atom. The fourth-order valence-corrected chi connectivity index (χ4v) is 3.69. The molecule has 3 heteroatoms. The van der Waals surface area contributed by atoms with E-state index in [0.29, 0.717) is 6.42 Å². The van der Waals surface area contributed by atoms with Gasteiger partial charge in [-0.1, -0.05) is 52.3 Å². The van der Waals surface area contributed by atoms with Crippen molar-refractivity contribution in [3.63, 3.8) is 0 Å². The fourth-order valence-electron chi connectivity index (χ4n) is 2.24. The number of aliphatic hydroxyl groups is 1. The van der Waals surface area contributed by atoms with Crippen molar-refractivity contribution in [2.45, 2.75) is 12.5 Å². The van der Waals surface area contributed by atoms with Crippen LogP contribution >= 0.6 is 27.3 Å². The zero-order valence-electron chi connectivity index (χ0n) is 10.2. The molecule has 0 aliphatic rings. The van der Waals surface area contributed by atoms with Gasteiger partial charge in [0.1, 0.15) is 0 Å². The molecular formula is C16H13BrOS. The fraction of sp³-hybridized carbons (Fsp3) is 0.125. The van der Waals surface area contributed by atoms with Crippen molar-refractivity contribution in [2.75, 3.05) is 0 Å². The van der Waals surface area contributed by atoms with Crippen LogP contribution in [0.1, 0.15) is 17.2 Å². The van der Waals surface area contributed by atoms with E-state index < -0.39 is 6.10 Å². The molecule has 1 atom stereocenters. The van der Waals surface area contributed by atoms with Crippen molar-refractivity contribution in [3.05, 3.63) is 69.5 Å². The minimum atomic E-state index is -0.463. The second kappa shape index (κ2) is 5.45. The number of thiophene rings is 1. The van der Waals surface area contributed by atoms with Gasteiger partial charge in [0.05, 0.1) is 6.10 Å². The van der Waals surface area contributed by atoms with E-state index in [0.717, 1.165) is 21.0 Å². The molecule has 0 aliphatic heterocycles. The van der Waals surface area contributed by atoms with Crippen molar-refractivity contribution >= 4 is 37.4 Å². The summed E-state index contributed by atoms with van der Waals surface area (Å²) in [5.41, 5.74) is 2.15. The predicted molar refractivity (Wildman–Crippen MR) is 84.6 cm³/mol. The second-order valence-electron chi connectivity index (χ2n) is 4.50. The van der Waals surface area contributed by atoms with Crippen LogP contribution in [0.4, 0.5) is 0 Å². The summed E-state index contributed by atoms with van der Waals surface area (Å²) in [4.78, 5) is 0. The van der Waals surface area contributed by atoms with Gasteiger partial charge in [0.25, 0.3) is 0 Å². The third-order valence-corrected chi connectivity index (χ3v) is 5.00. The Morgan fingerprint density at radius 2 is 1.79 bits per heavy atom. The number of rotatable bonds is 3. The van der Waals surface area contributed by atoms with Crippen LogP contribution in [0, 0.1) is 0 Å². The third kappa shape index (κ3) is 2.59. The molecule has 1 unspecified atom stereocenters. The van der Waals surface area contributed by atoms with Crippen molar-refractivity contribution in [2.24, 2.45) is 0 Å². The first-order valence-corrected chi connectivity index (χ1v) is 7.80. The molecular weight excluding hydrogens is 320 g/mol. The lowest BCUT2D eigenvalue weighted by molar-refractivity contribution is 0.180. The van der Waals surface area contributed by atoms with Crippen LogP contribution in [0.25, 0.3) is 10.1 Å². The molecule has 3 aromatic rings. The maximum atomic E-state index is 10.5. The zero-order valence-corrected chi connectivity index (χ0v) is 12.6. The molecule has 0 spiro atoms. The summed E-state index contributed by atoms with van der Waals surface area (Å²) in [7, 11) is 0. The number of halogens is 1. The molecule has 1 aromatic heterocycles. The van der Waals surface area contributed by atoms with Crippen LogP contribution in [-0.4, -0.2) is 5.11 Å². The standard InChI is InChI=1S/C16H13BrOS/c17-14-7-3-1-5-11(14)9-15(18)13-10-19-16-8-4-2-6-12(13)16/h1-8,10,15,18H,9H2. The highest BCUT2D eigenvalue weighted by atomic mass is 79.9. The quantitative estimate of drug-likeness (QED) is 0.720. The Hall–Kier alpha value is -1.16. The van der Waals surface area contributed by atoms with Gasteiger partial charge in [0, 0.05) is 15.6 Å². The second-order valence-corrected chi connectivity index (χ2v) is 6.26. The minimum absolute atomic E-state index is 0.463. The Morgan fingerprint density at radius 1 is 1.05 bits per heavy atom. The molecule has 2 aromatic carbocycles. The van der Waals surface area contributed by atoms with E-state index in [1.807, 2.05) is 36.4 Å². The molecule has 96 valence electrons. The highest BCUT2D eigenvalue weighted by Crippen LogP contribution is 2.32. The van der Waals surface area contributed by atoms with Gasteiger partial charge in [-0.2, -0.15) is 0 Å². The molecule has 1 heterocycles. The lowest BCUT2D eigenvalue weighted by Gasteiger charge is -2.11. The summed E-state index contributed by atoms with van der Waals surface area (Å²) in [5.74, 6) is 0. The van der Waals surface area contributed by atoms with Crippen LogP contribution in [0.15, 0.2) is 58.4 Å². The minimum Gasteiger partial charge on any atom is -0.388 e. The van der Waals surface area contributed by atoms with Crippen molar-refractivity contribution in [3.8, 4) is 0 Å². The summed E-state index contributed by atoms with van der Waals surface area (Å²) in [5, 5.41) is 13.7. The smallest absolute Gasteiger partial charge is 0.0844 e. The molecule has 3 rings (SSSR count). The average molecular weight is 333 g/mol. The predicted octanol–water partition coefficient (Wildman–Crippen LogP) is 4.94. The largest absolute Gasteiger partial charge is 0.388 e. The first kappa shape index (κ1) is 12.9. The summed E-state index contributed by atoms with van der Waals surface area (Å²) in [6, 6.07) is 16.2. The van der Waals surface area contributed by atoms with Crippen LogP contribution in [0.2, 0.25) is 0 Å². The Balaban J connectivity index is 1.92. The van der Waals surface area contributed by atoms with E-state index in [-0.39, 0.29) is 0 Å². The SMILES string of the molecule is OC(Cc1ccccc1Br)c1csc2ccccc12. The maximum absolute atomic E-state index is 10.5. The third-order valence-electron chi connectivity index (χ3n) is 3.24. The van der Waals surface area contributed by atoms with E-state index in [1.54, 1.807) is 11.3 Å². The Bertz CT molecular complexity index is 705. The van der Waals surface area contributed by atoms with E-state index in [1.165, 1.54) is 4.70 Å². The van der Waals surface area contributed by atoms with Crippen molar-refractivity contribution in [1.82, 2.24) is 0 Å². The van der Waals surface area contributed by atoms with Gasteiger partial charge in [0.2, 0.25) is 0 Å². The summed E-state index contributed by atoms with van der Waals surface area (Å²) in [6.45, 7) is 0. The van der Waals surface area contributed by atoms with E-state index in [2.05, 4.69) is 33.4 Å². The molecule has 0 saturated carbocycles. The van der Waals surface area contributed by atoms with E-state index in [9.17, 15) is 5.11 Å². The first-order chi connectivity index (χ1) is 9.25. The van der Waals surface area contributed by atoms with Crippen molar-refractivity contribution < 1.29 is 5.11 Å². The van der Waals surface area contributed by atoms with E-state index >= 15 is 0 Å². The van der Waals surface area contributed by atoms with Gasteiger partial charge < -0.3 is 5.11 Å². The zero-order chi connectivity index (χ0) is 13.2. The molecule has 0 radical (unpaired) electrons. The Labute approximate surface area is 124 Å². The molecule has 19 heavy (non-hydrogen) atoms. The topological polar surface area (TPSA) is 20.2 Å².